The second-order valence-electron chi connectivity index (χ2n) is 4.09. The van der Waals surface area contributed by atoms with Crippen molar-refractivity contribution in [3.8, 4) is 0 Å². The van der Waals surface area contributed by atoms with Crippen molar-refractivity contribution in [3.63, 3.8) is 0 Å². The molecular formula is C16H13N3. The summed E-state index contributed by atoms with van der Waals surface area (Å²) in [7, 11) is 0. The van der Waals surface area contributed by atoms with E-state index in [4.69, 9.17) is 0 Å². The number of hydrogen-bond acceptors (Lipinski definition) is 3. The van der Waals surface area contributed by atoms with Crippen molar-refractivity contribution >= 4 is 17.1 Å². The average Bonchev–Trinajstić information content (AvgIpc) is 2.51. The van der Waals surface area contributed by atoms with Crippen LogP contribution in [0, 0.1) is 0 Å². The minimum Gasteiger partial charge on any atom is -0.309 e. The zero-order valence-corrected chi connectivity index (χ0v) is 10.3. The standard InChI is InChI=1S/C16H13N3/c1-2-5-14(6-3-1)19(15-8-11-17-12-9-15)16-7-4-10-18-13-16/h1-13H. The minimum atomic E-state index is 1.03. The molecule has 0 amide bonds. The summed E-state index contributed by atoms with van der Waals surface area (Å²) in [5, 5.41) is 0. The molecule has 0 fully saturated rings. The van der Waals surface area contributed by atoms with Gasteiger partial charge in [-0.2, -0.15) is 0 Å². The Kier molecular flexibility index (Phi) is 3.19. The maximum Gasteiger partial charge on any atom is 0.0644 e. The van der Waals surface area contributed by atoms with Gasteiger partial charge in [0.25, 0.3) is 0 Å². The van der Waals surface area contributed by atoms with Crippen LogP contribution < -0.4 is 4.90 Å². The van der Waals surface area contributed by atoms with Crippen LogP contribution in [-0.4, -0.2) is 9.97 Å². The molecule has 2 aromatic heterocycles. The first-order valence-electron chi connectivity index (χ1n) is 6.10. The molecule has 1 aromatic carbocycles. The van der Waals surface area contributed by atoms with Gasteiger partial charge in [0.05, 0.1) is 11.9 Å². The van der Waals surface area contributed by atoms with Crippen LogP contribution in [0.25, 0.3) is 0 Å². The smallest absolute Gasteiger partial charge is 0.0644 e. The molecule has 0 spiro atoms. The second-order valence-corrected chi connectivity index (χ2v) is 4.09. The molecule has 0 aliphatic rings. The van der Waals surface area contributed by atoms with Gasteiger partial charge < -0.3 is 4.90 Å². The van der Waals surface area contributed by atoms with Crippen LogP contribution in [-0.2, 0) is 0 Å². The van der Waals surface area contributed by atoms with E-state index in [9.17, 15) is 0 Å². The summed E-state index contributed by atoms with van der Waals surface area (Å²) in [6.07, 6.45) is 7.22. The summed E-state index contributed by atoms with van der Waals surface area (Å²) in [4.78, 5) is 10.4. The SMILES string of the molecule is c1ccc(N(c2ccncc2)c2cccnc2)cc1. The van der Waals surface area contributed by atoms with Gasteiger partial charge in [-0.1, -0.05) is 18.2 Å². The fourth-order valence-electron chi connectivity index (χ4n) is 2.00. The van der Waals surface area contributed by atoms with Crippen LogP contribution >= 0.6 is 0 Å². The third-order valence-corrected chi connectivity index (χ3v) is 2.84. The maximum atomic E-state index is 4.20. The van der Waals surface area contributed by atoms with Gasteiger partial charge in [0, 0.05) is 30.0 Å². The summed E-state index contributed by atoms with van der Waals surface area (Å²) in [5.41, 5.74) is 3.19. The van der Waals surface area contributed by atoms with E-state index in [0.29, 0.717) is 0 Å². The van der Waals surface area contributed by atoms with Crippen LogP contribution in [0.2, 0.25) is 0 Å². The second kappa shape index (κ2) is 5.31. The molecule has 0 radical (unpaired) electrons. The number of hydrogen-bond donors (Lipinski definition) is 0. The number of aromatic nitrogens is 2. The molecule has 0 aliphatic carbocycles. The summed E-state index contributed by atoms with van der Waals surface area (Å²) in [6, 6.07) is 18.2. The highest BCUT2D eigenvalue weighted by atomic mass is 15.1. The number of pyridine rings is 2. The molecule has 2 heterocycles. The zero-order valence-electron chi connectivity index (χ0n) is 10.3. The third-order valence-electron chi connectivity index (χ3n) is 2.84. The van der Waals surface area contributed by atoms with Gasteiger partial charge in [-0.15, -0.1) is 0 Å². The fraction of sp³-hybridized carbons (Fsp3) is 0. The highest BCUT2D eigenvalue weighted by molar-refractivity contribution is 5.75. The molecule has 3 heteroatoms. The molecule has 0 saturated carbocycles. The van der Waals surface area contributed by atoms with Crippen molar-refractivity contribution in [2.75, 3.05) is 4.90 Å². The Hall–Kier alpha value is -2.68. The van der Waals surface area contributed by atoms with E-state index in [1.54, 1.807) is 18.6 Å². The summed E-state index contributed by atoms with van der Waals surface area (Å²) in [5.74, 6) is 0. The summed E-state index contributed by atoms with van der Waals surface area (Å²) >= 11 is 0. The average molecular weight is 247 g/mol. The highest BCUT2D eigenvalue weighted by Crippen LogP contribution is 2.32. The molecular weight excluding hydrogens is 234 g/mol. The monoisotopic (exact) mass is 247 g/mol. The van der Waals surface area contributed by atoms with E-state index < -0.39 is 0 Å². The molecule has 3 aromatic rings. The first kappa shape index (κ1) is 11.4. The maximum absolute atomic E-state index is 4.20. The Bertz CT molecular complexity index is 530. The lowest BCUT2D eigenvalue weighted by molar-refractivity contribution is 1.21. The quantitative estimate of drug-likeness (QED) is 0.701. The number of para-hydroxylation sites is 1. The summed E-state index contributed by atoms with van der Waals surface area (Å²) in [6.45, 7) is 0. The normalized spacial score (nSPS) is 10.1. The van der Waals surface area contributed by atoms with Gasteiger partial charge in [-0.3, -0.25) is 9.97 Å². The molecule has 0 bridgehead atoms. The van der Waals surface area contributed by atoms with Crippen LogP contribution in [0.3, 0.4) is 0 Å². The Morgan fingerprint density at radius 2 is 1.26 bits per heavy atom. The van der Waals surface area contributed by atoms with Crippen LogP contribution in [0.15, 0.2) is 79.4 Å². The van der Waals surface area contributed by atoms with Gasteiger partial charge in [0.15, 0.2) is 0 Å². The molecule has 3 rings (SSSR count). The molecule has 19 heavy (non-hydrogen) atoms. The van der Waals surface area contributed by atoms with E-state index in [-0.39, 0.29) is 0 Å². The molecule has 0 unspecified atom stereocenters. The Morgan fingerprint density at radius 1 is 0.579 bits per heavy atom. The van der Waals surface area contributed by atoms with Crippen molar-refractivity contribution in [1.82, 2.24) is 9.97 Å². The van der Waals surface area contributed by atoms with Crippen LogP contribution in [0.4, 0.5) is 17.1 Å². The molecule has 92 valence electrons. The first-order chi connectivity index (χ1) is 9.45. The van der Waals surface area contributed by atoms with Crippen molar-refractivity contribution in [2.45, 2.75) is 0 Å². The molecule has 0 N–H and O–H groups in total. The Morgan fingerprint density at radius 3 is 1.95 bits per heavy atom. The zero-order chi connectivity index (χ0) is 12.9. The van der Waals surface area contributed by atoms with Crippen molar-refractivity contribution < 1.29 is 0 Å². The third kappa shape index (κ3) is 2.45. The van der Waals surface area contributed by atoms with Crippen LogP contribution in [0.1, 0.15) is 0 Å². The van der Waals surface area contributed by atoms with Gasteiger partial charge in [0.1, 0.15) is 0 Å². The molecule has 0 atom stereocenters. The molecule has 3 nitrogen and oxygen atoms in total. The summed E-state index contributed by atoms with van der Waals surface area (Å²) < 4.78 is 0. The van der Waals surface area contributed by atoms with Gasteiger partial charge in [-0.05, 0) is 36.4 Å². The van der Waals surface area contributed by atoms with Crippen LogP contribution in [0.5, 0.6) is 0 Å². The van der Waals surface area contributed by atoms with Crippen molar-refractivity contribution in [1.29, 1.82) is 0 Å². The van der Waals surface area contributed by atoms with E-state index in [0.717, 1.165) is 17.1 Å². The fourth-order valence-corrected chi connectivity index (χ4v) is 2.00. The molecule has 0 saturated heterocycles. The van der Waals surface area contributed by atoms with Gasteiger partial charge >= 0.3 is 0 Å². The topological polar surface area (TPSA) is 29.0 Å². The predicted molar refractivity (Wildman–Crippen MR) is 76.7 cm³/mol. The predicted octanol–water partition coefficient (Wildman–Crippen LogP) is 3.95. The number of rotatable bonds is 3. The largest absolute Gasteiger partial charge is 0.309 e. The van der Waals surface area contributed by atoms with E-state index in [2.05, 4.69) is 27.0 Å². The van der Waals surface area contributed by atoms with E-state index >= 15 is 0 Å². The minimum absolute atomic E-state index is 1.03. The van der Waals surface area contributed by atoms with Crippen molar-refractivity contribution in [2.24, 2.45) is 0 Å². The lowest BCUT2D eigenvalue weighted by atomic mass is 10.2. The Labute approximate surface area is 112 Å². The number of benzene rings is 1. The lowest BCUT2D eigenvalue weighted by Crippen LogP contribution is -2.09. The first-order valence-corrected chi connectivity index (χ1v) is 6.10. The van der Waals surface area contributed by atoms with E-state index in [1.165, 1.54) is 0 Å². The number of anilines is 3. The van der Waals surface area contributed by atoms with E-state index in [1.807, 2.05) is 48.7 Å². The lowest BCUT2D eigenvalue weighted by Gasteiger charge is -2.24. The highest BCUT2D eigenvalue weighted by Gasteiger charge is 2.11. The van der Waals surface area contributed by atoms with Crippen molar-refractivity contribution in [3.05, 3.63) is 79.4 Å². The van der Waals surface area contributed by atoms with Gasteiger partial charge in [0.2, 0.25) is 0 Å². The number of nitrogens with zero attached hydrogens (tertiary/aromatic N) is 3. The Balaban J connectivity index is 2.12. The van der Waals surface area contributed by atoms with Gasteiger partial charge in [-0.25, -0.2) is 0 Å². The molecule has 0 aliphatic heterocycles.